The molecule has 0 bridgehead atoms. The van der Waals surface area contributed by atoms with E-state index in [0.717, 1.165) is 10.2 Å². The molecule has 0 radical (unpaired) electrons. The molecule has 0 fully saturated rings. The summed E-state index contributed by atoms with van der Waals surface area (Å²) in [5, 5.41) is 7.20. The van der Waals surface area contributed by atoms with Gasteiger partial charge in [0, 0.05) is 11.4 Å². The van der Waals surface area contributed by atoms with Crippen LogP contribution in [0.1, 0.15) is 14.5 Å². The van der Waals surface area contributed by atoms with Gasteiger partial charge in [0.2, 0.25) is 5.91 Å². The molecule has 0 aliphatic rings. The number of amides is 2. The standard InChI is InChI=1S/C13H13BrN2O2S2/c14-11-4-3-9(20-11)5-6-15-12(17)8-16-13(18)10-2-1-7-19-10/h1-4,7H,5-6,8H2,(H,15,17)(H,16,18). The van der Waals surface area contributed by atoms with Crippen LogP contribution in [0.25, 0.3) is 0 Å². The number of thiophene rings is 2. The third kappa shape index (κ3) is 4.73. The van der Waals surface area contributed by atoms with Gasteiger partial charge >= 0.3 is 0 Å². The lowest BCUT2D eigenvalue weighted by atomic mass is 10.3. The fourth-order valence-electron chi connectivity index (χ4n) is 1.53. The Labute approximate surface area is 133 Å². The summed E-state index contributed by atoms with van der Waals surface area (Å²) >= 11 is 6.40. The van der Waals surface area contributed by atoms with Crippen molar-refractivity contribution in [3.8, 4) is 0 Å². The van der Waals surface area contributed by atoms with E-state index < -0.39 is 0 Å². The molecule has 2 heterocycles. The second-order valence-electron chi connectivity index (χ2n) is 3.97. The molecule has 0 saturated carbocycles. The van der Waals surface area contributed by atoms with Gasteiger partial charge in [-0.25, -0.2) is 0 Å². The van der Waals surface area contributed by atoms with Crippen LogP contribution < -0.4 is 10.6 Å². The zero-order valence-corrected chi connectivity index (χ0v) is 13.7. The van der Waals surface area contributed by atoms with Crippen LogP contribution in [0.3, 0.4) is 0 Å². The van der Waals surface area contributed by atoms with Crippen molar-refractivity contribution in [2.75, 3.05) is 13.1 Å². The van der Waals surface area contributed by atoms with E-state index in [4.69, 9.17) is 0 Å². The highest BCUT2D eigenvalue weighted by Crippen LogP contribution is 2.21. The van der Waals surface area contributed by atoms with E-state index in [-0.39, 0.29) is 18.4 Å². The van der Waals surface area contributed by atoms with Crippen molar-refractivity contribution in [3.63, 3.8) is 0 Å². The quantitative estimate of drug-likeness (QED) is 0.818. The van der Waals surface area contributed by atoms with E-state index in [1.807, 2.05) is 17.5 Å². The summed E-state index contributed by atoms with van der Waals surface area (Å²) < 4.78 is 1.09. The van der Waals surface area contributed by atoms with E-state index in [0.29, 0.717) is 11.4 Å². The minimum Gasteiger partial charge on any atom is -0.354 e. The van der Waals surface area contributed by atoms with Gasteiger partial charge in [0.05, 0.1) is 15.2 Å². The lowest BCUT2D eigenvalue weighted by Gasteiger charge is -2.05. The molecule has 0 atom stereocenters. The van der Waals surface area contributed by atoms with Crippen molar-refractivity contribution in [1.29, 1.82) is 0 Å². The summed E-state index contributed by atoms with van der Waals surface area (Å²) in [4.78, 5) is 25.0. The van der Waals surface area contributed by atoms with Crippen LogP contribution in [0.2, 0.25) is 0 Å². The molecular weight excluding hydrogens is 360 g/mol. The number of halogens is 1. The average Bonchev–Trinajstić information content (AvgIpc) is 3.07. The molecule has 0 aliphatic heterocycles. The Hall–Kier alpha value is -1.18. The van der Waals surface area contributed by atoms with Gasteiger partial charge in [0.1, 0.15) is 0 Å². The zero-order chi connectivity index (χ0) is 14.4. The first kappa shape index (κ1) is 15.2. The Kier molecular flexibility index (Phi) is 5.75. The lowest BCUT2D eigenvalue weighted by Crippen LogP contribution is -2.37. The first-order chi connectivity index (χ1) is 9.65. The Morgan fingerprint density at radius 3 is 2.70 bits per heavy atom. The van der Waals surface area contributed by atoms with Gasteiger partial charge in [-0.1, -0.05) is 6.07 Å². The van der Waals surface area contributed by atoms with Crippen molar-refractivity contribution in [1.82, 2.24) is 10.6 Å². The van der Waals surface area contributed by atoms with Crippen LogP contribution in [0, 0.1) is 0 Å². The summed E-state index contributed by atoms with van der Waals surface area (Å²) in [5.41, 5.74) is 0. The number of carbonyl (C=O) groups excluding carboxylic acids is 2. The maximum absolute atomic E-state index is 11.6. The van der Waals surface area contributed by atoms with Crippen LogP contribution in [-0.4, -0.2) is 24.9 Å². The summed E-state index contributed by atoms with van der Waals surface area (Å²) in [7, 11) is 0. The molecule has 0 aliphatic carbocycles. The van der Waals surface area contributed by atoms with Gasteiger partial charge in [-0.15, -0.1) is 22.7 Å². The monoisotopic (exact) mass is 372 g/mol. The molecule has 4 nitrogen and oxygen atoms in total. The third-order valence-electron chi connectivity index (χ3n) is 2.48. The molecule has 0 unspecified atom stereocenters. The molecule has 7 heteroatoms. The summed E-state index contributed by atoms with van der Waals surface area (Å²) in [5.74, 6) is -0.386. The second-order valence-corrected chi connectivity index (χ2v) is 7.46. The predicted molar refractivity (Wildman–Crippen MR) is 85.4 cm³/mol. The molecule has 2 aromatic rings. The highest BCUT2D eigenvalue weighted by Gasteiger charge is 2.08. The van der Waals surface area contributed by atoms with Crippen molar-refractivity contribution in [2.45, 2.75) is 6.42 Å². The minimum absolute atomic E-state index is 0.00483. The Balaban J connectivity index is 1.64. The van der Waals surface area contributed by atoms with E-state index in [1.165, 1.54) is 16.2 Å². The zero-order valence-electron chi connectivity index (χ0n) is 10.5. The highest BCUT2D eigenvalue weighted by atomic mass is 79.9. The van der Waals surface area contributed by atoms with Gasteiger partial charge in [-0.2, -0.15) is 0 Å². The van der Waals surface area contributed by atoms with Crippen LogP contribution in [0.15, 0.2) is 33.4 Å². The first-order valence-corrected chi connectivity index (χ1v) is 8.46. The molecule has 20 heavy (non-hydrogen) atoms. The molecule has 2 amide bonds. The molecule has 0 saturated heterocycles. The largest absolute Gasteiger partial charge is 0.354 e. The van der Waals surface area contributed by atoms with E-state index in [2.05, 4.69) is 26.6 Å². The molecule has 2 rings (SSSR count). The van der Waals surface area contributed by atoms with Gasteiger partial charge in [0.15, 0.2) is 0 Å². The lowest BCUT2D eigenvalue weighted by molar-refractivity contribution is -0.120. The fraction of sp³-hybridized carbons (Fsp3) is 0.231. The molecule has 2 aromatic heterocycles. The van der Waals surface area contributed by atoms with Crippen LogP contribution in [0.5, 0.6) is 0 Å². The maximum atomic E-state index is 11.6. The summed E-state index contributed by atoms with van der Waals surface area (Å²) in [6, 6.07) is 7.55. The third-order valence-corrected chi connectivity index (χ3v) is 5.03. The molecule has 0 aromatic carbocycles. The van der Waals surface area contributed by atoms with Crippen molar-refractivity contribution < 1.29 is 9.59 Å². The first-order valence-electron chi connectivity index (χ1n) is 5.98. The number of hydrogen-bond acceptors (Lipinski definition) is 4. The van der Waals surface area contributed by atoms with E-state index >= 15 is 0 Å². The molecule has 2 N–H and O–H groups in total. The smallest absolute Gasteiger partial charge is 0.261 e. The van der Waals surface area contributed by atoms with Gasteiger partial charge < -0.3 is 10.6 Å². The molecule has 0 spiro atoms. The van der Waals surface area contributed by atoms with Crippen molar-refractivity contribution >= 4 is 50.4 Å². The van der Waals surface area contributed by atoms with E-state index in [1.54, 1.807) is 23.5 Å². The minimum atomic E-state index is -0.211. The normalized spacial score (nSPS) is 10.2. The van der Waals surface area contributed by atoms with Crippen LogP contribution in [0.4, 0.5) is 0 Å². The molecule has 106 valence electrons. The summed E-state index contributed by atoms with van der Waals surface area (Å²) in [6.07, 6.45) is 0.793. The van der Waals surface area contributed by atoms with Crippen molar-refractivity contribution in [2.24, 2.45) is 0 Å². The SMILES string of the molecule is O=C(CNC(=O)c1cccs1)NCCc1ccc(Br)s1. The topological polar surface area (TPSA) is 58.2 Å². The Morgan fingerprint density at radius 1 is 1.20 bits per heavy atom. The Morgan fingerprint density at radius 2 is 2.05 bits per heavy atom. The number of carbonyl (C=O) groups is 2. The van der Waals surface area contributed by atoms with Gasteiger partial charge in [0.25, 0.3) is 5.91 Å². The fourth-order valence-corrected chi connectivity index (χ4v) is 3.65. The predicted octanol–water partition coefficient (Wildman–Crippen LogP) is 2.66. The molecular formula is C13H13BrN2O2S2. The second kappa shape index (κ2) is 7.56. The number of rotatable bonds is 6. The van der Waals surface area contributed by atoms with Gasteiger partial charge in [-0.3, -0.25) is 9.59 Å². The summed E-state index contributed by atoms with van der Waals surface area (Å²) in [6.45, 7) is 0.575. The van der Waals surface area contributed by atoms with Crippen LogP contribution in [-0.2, 0) is 11.2 Å². The van der Waals surface area contributed by atoms with Crippen molar-refractivity contribution in [3.05, 3.63) is 43.2 Å². The number of nitrogens with one attached hydrogen (secondary N) is 2. The van der Waals surface area contributed by atoms with Crippen LogP contribution >= 0.6 is 38.6 Å². The maximum Gasteiger partial charge on any atom is 0.261 e. The Bertz CT molecular complexity index is 581. The van der Waals surface area contributed by atoms with E-state index in [9.17, 15) is 9.59 Å². The van der Waals surface area contributed by atoms with Gasteiger partial charge in [-0.05, 0) is 45.9 Å². The number of hydrogen-bond donors (Lipinski definition) is 2. The average molecular weight is 373 g/mol. The highest BCUT2D eigenvalue weighted by molar-refractivity contribution is 9.11.